The number of sulfonamides is 1. The monoisotopic (exact) mass is 271 g/mol. The van der Waals surface area contributed by atoms with Crippen molar-refractivity contribution in [2.75, 3.05) is 0 Å². The standard InChI is InChI=1S/C9H13NO2S.2ClH/c1-2-5-8-6-3-4-7-9(8)13(10,11)12;;/h3-4,6-7H,2,5H2,1H3,(H2,10,11,12);2*1H. The van der Waals surface area contributed by atoms with Crippen molar-refractivity contribution in [2.24, 2.45) is 5.14 Å². The number of rotatable bonds is 3. The third kappa shape index (κ3) is 4.84. The summed E-state index contributed by atoms with van der Waals surface area (Å²) in [4.78, 5) is 0.247. The summed E-state index contributed by atoms with van der Waals surface area (Å²) < 4.78 is 22.2. The van der Waals surface area contributed by atoms with Gasteiger partial charge in [0.1, 0.15) is 0 Å². The van der Waals surface area contributed by atoms with E-state index < -0.39 is 10.0 Å². The Morgan fingerprint density at radius 1 is 1.20 bits per heavy atom. The first kappa shape index (κ1) is 17.1. The first-order valence-electron chi connectivity index (χ1n) is 4.16. The van der Waals surface area contributed by atoms with E-state index in [1.165, 1.54) is 0 Å². The summed E-state index contributed by atoms with van der Waals surface area (Å²) in [6.07, 6.45) is 1.65. The summed E-state index contributed by atoms with van der Waals surface area (Å²) in [6.45, 7) is 2.00. The first-order valence-corrected chi connectivity index (χ1v) is 5.71. The molecule has 0 aliphatic heterocycles. The van der Waals surface area contributed by atoms with Gasteiger partial charge in [0.2, 0.25) is 10.0 Å². The van der Waals surface area contributed by atoms with Gasteiger partial charge < -0.3 is 0 Å². The summed E-state index contributed by atoms with van der Waals surface area (Å²) in [7, 11) is -3.56. The number of benzene rings is 1. The fraction of sp³-hybridized carbons (Fsp3) is 0.333. The van der Waals surface area contributed by atoms with Gasteiger partial charge in [-0.3, -0.25) is 0 Å². The molecule has 0 atom stereocenters. The molecule has 1 aromatic carbocycles. The van der Waals surface area contributed by atoms with E-state index in [1.54, 1.807) is 18.2 Å². The van der Waals surface area contributed by atoms with Crippen molar-refractivity contribution >= 4 is 34.8 Å². The van der Waals surface area contributed by atoms with Crippen LogP contribution in [0.25, 0.3) is 0 Å². The molecule has 0 heterocycles. The molecule has 0 aliphatic rings. The SMILES string of the molecule is CCCc1ccccc1S(N)(=O)=O.Cl.Cl. The molecule has 15 heavy (non-hydrogen) atoms. The Morgan fingerprint density at radius 2 is 1.73 bits per heavy atom. The lowest BCUT2D eigenvalue weighted by Gasteiger charge is -2.04. The number of halogens is 2. The highest BCUT2D eigenvalue weighted by Gasteiger charge is 2.11. The Bertz CT molecular complexity index is 393. The summed E-state index contributed by atoms with van der Waals surface area (Å²) in [5.41, 5.74) is 0.799. The molecule has 0 saturated carbocycles. The maximum Gasteiger partial charge on any atom is 0.238 e. The van der Waals surface area contributed by atoms with Crippen LogP contribution in [-0.2, 0) is 16.4 Å². The third-order valence-corrected chi connectivity index (χ3v) is 2.81. The molecule has 0 saturated heterocycles. The van der Waals surface area contributed by atoms with Crippen LogP contribution in [0.15, 0.2) is 29.2 Å². The molecule has 0 bridgehead atoms. The van der Waals surface area contributed by atoms with Gasteiger partial charge in [-0.25, -0.2) is 13.6 Å². The average Bonchev–Trinajstić information content (AvgIpc) is 2.04. The predicted molar refractivity (Wildman–Crippen MR) is 66.3 cm³/mol. The fourth-order valence-corrected chi connectivity index (χ4v) is 2.06. The van der Waals surface area contributed by atoms with Crippen LogP contribution in [-0.4, -0.2) is 8.42 Å². The van der Waals surface area contributed by atoms with Crippen LogP contribution in [0.2, 0.25) is 0 Å². The molecule has 0 unspecified atom stereocenters. The fourth-order valence-electron chi connectivity index (χ4n) is 1.26. The highest BCUT2D eigenvalue weighted by Crippen LogP contribution is 2.14. The van der Waals surface area contributed by atoms with Crippen molar-refractivity contribution in [3.05, 3.63) is 29.8 Å². The van der Waals surface area contributed by atoms with Crippen LogP contribution in [0.1, 0.15) is 18.9 Å². The molecule has 0 amide bonds. The van der Waals surface area contributed by atoms with E-state index in [0.29, 0.717) is 0 Å². The van der Waals surface area contributed by atoms with Crippen LogP contribution in [0.5, 0.6) is 0 Å². The van der Waals surface area contributed by atoms with Gasteiger partial charge in [-0.1, -0.05) is 31.5 Å². The lowest BCUT2D eigenvalue weighted by atomic mass is 10.1. The second-order valence-electron chi connectivity index (χ2n) is 2.90. The summed E-state index contributed by atoms with van der Waals surface area (Å²) in [6, 6.07) is 6.84. The Hall–Kier alpha value is -0.290. The number of hydrogen-bond donors (Lipinski definition) is 1. The molecule has 6 heteroatoms. The number of primary sulfonamides is 1. The van der Waals surface area contributed by atoms with E-state index >= 15 is 0 Å². The van der Waals surface area contributed by atoms with E-state index in [9.17, 15) is 8.42 Å². The quantitative estimate of drug-likeness (QED) is 0.916. The van der Waals surface area contributed by atoms with Gasteiger partial charge >= 0.3 is 0 Å². The van der Waals surface area contributed by atoms with Gasteiger partial charge in [0.25, 0.3) is 0 Å². The molecule has 0 spiro atoms. The third-order valence-electron chi connectivity index (χ3n) is 1.80. The maximum atomic E-state index is 11.1. The lowest BCUT2D eigenvalue weighted by molar-refractivity contribution is 0.596. The van der Waals surface area contributed by atoms with Gasteiger partial charge in [0.15, 0.2) is 0 Å². The minimum atomic E-state index is -3.56. The van der Waals surface area contributed by atoms with Crippen LogP contribution in [0.4, 0.5) is 0 Å². The Balaban J connectivity index is 0. The normalized spacial score (nSPS) is 10.0. The summed E-state index contributed by atoms with van der Waals surface area (Å²) in [5.74, 6) is 0. The Labute approximate surface area is 103 Å². The van der Waals surface area contributed by atoms with Crippen molar-refractivity contribution in [3.8, 4) is 0 Å². The summed E-state index contributed by atoms with van der Waals surface area (Å²) >= 11 is 0. The number of aryl methyl sites for hydroxylation is 1. The number of hydrogen-bond acceptors (Lipinski definition) is 2. The lowest BCUT2D eigenvalue weighted by Crippen LogP contribution is -2.14. The molecule has 0 radical (unpaired) electrons. The van der Waals surface area contributed by atoms with Gasteiger partial charge in [-0.15, -0.1) is 24.8 Å². The highest BCUT2D eigenvalue weighted by atomic mass is 35.5. The zero-order valence-corrected chi connectivity index (χ0v) is 10.8. The van der Waals surface area contributed by atoms with E-state index in [0.717, 1.165) is 18.4 Å². The molecule has 88 valence electrons. The zero-order chi connectivity index (χ0) is 9.90. The molecule has 1 aromatic rings. The van der Waals surface area contributed by atoms with E-state index in [4.69, 9.17) is 5.14 Å². The van der Waals surface area contributed by atoms with Crippen molar-refractivity contribution in [1.29, 1.82) is 0 Å². The molecule has 0 aliphatic carbocycles. The average molecular weight is 272 g/mol. The van der Waals surface area contributed by atoms with Crippen LogP contribution in [0.3, 0.4) is 0 Å². The molecule has 1 rings (SSSR count). The van der Waals surface area contributed by atoms with Gasteiger partial charge in [-0.2, -0.15) is 0 Å². The highest BCUT2D eigenvalue weighted by molar-refractivity contribution is 7.89. The molecule has 2 N–H and O–H groups in total. The second-order valence-corrected chi connectivity index (χ2v) is 4.43. The minimum Gasteiger partial charge on any atom is -0.225 e. The van der Waals surface area contributed by atoms with Crippen LogP contribution < -0.4 is 5.14 Å². The molecule has 3 nitrogen and oxygen atoms in total. The van der Waals surface area contributed by atoms with E-state index in [-0.39, 0.29) is 29.7 Å². The van der Waals surface area contributed by atoms with Gasteiger partial charge in [0.05, 0.1) is 4.90 Å². The van der Waals surface area contributed by atoms with Crippen molar-refractivity contribution < 1.29 is 8.42 Å². The maximum absolute atomic E-state index is 11.1. The molecule has 0 aromatic heterocycles. The molecular formula is C9H15Cl2NO2S. The predicted octanol–water partition coefficient (Wildman–Crippen LogP) is 2.13. The van der Waals surface area contributed by atoms with Crippen LogP contribution in [0, 0.1) is 0 Å². The topological polar surface area (TPSA) is 60.2 Å². The van der Waals surface area contributed by atoms with E-state index in [2.05, 4.69) is 0 Å². The minimum absolute atomic E-state index is 0. The van der Waals surface area contributed by atoms with Gasteiger partial charge in [0, 0.05) is 0 Å². The smallest absolute Gasteiger partial charge is 0.225 e. The second kappa shape index (κ2) is 7.06. The van der Waals surface area contributed by atoms with Crippen LogP contribution >= 0.6 is 24.8 Å². The first-order chi connectivity index (χ1) is 6.05. The van der Waals surface area contributed by atoms with Crippen molar-refractivity contribution in [2.45, 2.75) is 24.7 Å². The Kier molecular flexibility index (Phi) is 8.06. The molecular weight excluding hydrogens is 257 g/mol. The van der Waals surface area contributed by atoms with Crippen molar-refractivity contribution in [1.82, 2.24) is 0 Å². The summed E-state index contributed by atoms with van der Waals surface area (Å²) in [5, 5.41) is 5.06. The largest absolute Gasteiger partial charge is 0.238 e. The van der Waals surface area contributed by atoms with E-state index in [1.807, 2.05) is 13.0 Å². The zero-order valence-electron chi connectivity index (χ0n) is 8.34. The van der Waals surface area contributed by atoms with Crippen molar-refractivity contribution in [3.63, 3.8) is 0 Å². The van der Waals surface area contributed by atoms with Gasteiger partial charge in [-0.05, 0) is 18.1 Å². The molecule has 0 fully saturated rings. The number of nitrogens with two attached hydrogens (primary N) is 1. The Morgan fingerprint density at radius 3 is 2.20 bits per heavy atom.